The molecule has 0 atom stereocenters. The van der Waals surface area contributed by atoms with Gasteiger partial charge in [-0.2, -0.15) is 0 Å². The Hall–Kier alpha value is -3.27. The molecule has 0 aliphatic heterocycles. The number of phenols is 1. The van der Waals surface area contributed by atoms with Crippen LogP contribution in [0.4, 0.5) is 10.5 Å². The van der Waals surface area contributed by atoms with Crippen LogP contribution in [0.1, 0.15) is 33.7 Å². The summed E-state index contributed by atoms with van der Waals surface area (Å²) in [7, 11) is 0. The third-order valence-electron chi connectivity index (χ3n) is 5.50. The van der Waals surface area contributed by atoms with Gasteiger partial charge in [0.2, 0.25) is 0 Å². The van der Waals surface area contributed by atoms with Crippen LogP contribution < -0.4 is 5.32 Å². The quantitative estimate of drug-likeness (QED) is 0.621. The molecule has 0 saturated carbocycles. The predicted octanol–water partition coefficient (Wildman–Crippen LogP) is 5.68. The van der Waals surface area contributed by atoms with Gasteiger partial charge in [-0.3, -0.25) is 5.32 Å². The van der Waals surface area contributed by atoms with Gasteiger partial charge < -0.3 is 9.84 Å². The molecule has 4 nitrogen and oxygen atoms in total. The summed E-state index contributed by atoms with van der Waals surface area (Å²) < 4.78 is 5.59. The number of phenolic OH excluding ortho intramolecular Hbond substituents is 1. The fourth-order valence-corrected chi connectivity index (χ4v) is 4.10. The van der Waals surface area contributed by atoms with Crippen molar-refractivity contribution in [2.75, 3.05) is 11.9 Å². The van der Waals surface area contributed by atoms with E-state index >= 15 is 0 Å². The summed E-state index contributed by atoms with van der Waals surface area (Å²) in [6.07, 6.45) is -0.517. The van der Waals surface area contributed by atoms with Crippen molar-refractivity contribution in [2.45, 2.75) is 26.7 Å². The summed E-state index contributed by atoms with van der Waals surface area (Å²) in [5, 5.41) is 13.0. The molecule has 3 aromatic rings. The van der Waals surface area contributed by atoms with E-state index in [1.54, 1.807) is 6.92 Å². The summed E-state index contributed by atoms with van der Waals surface area (Å²) >= 11 is 0. The van der Waals surface area contributed by atoms with Crippen molar-refractivity contribution in [2.24, 2.45) is 0 Å². The highest BCUT2D eigenvalue weighted by Crippen LogP contribution is 2.44. The average molecular weight is 373 g/mol. The number of amides is 1. The number of fused-ring (bicyclic) bond motifs is 3. The number of ether oxygens (including phenoxy) is 1. The molecule has 1 aliphatic carbocycles. The molecule has 1 amide bonds. The number of carbonyl (C=O) groups excluding carboxylic acids is 1. The van der Waals surface area contributed by atoms with E-state index in [4.69, 9.17) is 4.74 Å². The number of rotatable bonds is 3. The molecule has 4 rings (SSSR count). The van der Waals surface area contributed by atoms with Crippen LogP contribution >= 0.6 is 0 Å². The van der Waals surface area contributed by atoms with Gasteiger partial charge in [-0.15, -0.1) is 0 Å². The molecule has 0 heterocycles. The highest BCUT2D eigenvalue weighted by Gasteiger charge is 2.29. The van der Waals surface area contributed by atoms with Crippen LogP contribution in [-0.2, 0) is 4.74 Å². The minimum atomic E-state index is -0.517. The number of carbonyl (C=O) groups is 1. The van der Waals surface area contributed by atoms with Gasteiger partial charge in [0.25, 0.3) is 0 Å². The van der Waals surface area contributed by atoms with Gasteiger partial charge in [0.05, 0.1) is 5.69 Å². The maximum atomic E-state index is 12.5. The van der Waals surface area contributed by atoms with Gasteiger partial charge in [-0.1, -0.05) is 54.6 Å². The SMILES string of the molecule is Cc1cc(C)c(NC(=O)OCC2c3ccccc3-c3ccccc32)c(C)c1O. The van der Waals surface area contributed by atoms with Crippen LogP contribution in [0.25, 0.3) is 11.1 Å². The Balaban J connectivity index is 1.53. The zero-order valence-electron chi connectivity index (χ0n) is 16.2. The molecule has 142 valence electrons. The molecule has 0 fully saturated rings. The molecule has 2 N–H and O–H groups in total. The number of aryl methyl sites for hydroxylation is 2. The Kier molecular flexibility index (Phi) is 4.55. The van der Waals surface area contributed by atoms with E-state index in [1.807, 2.05) is 44.2 Å². The molecular formula is C24H23NO3. The number of nitrogens with one attached hydrogen (secondary N) is 1. The molecule has 0 saturated heterocycles. The van der Waals surface area contributed by atoms with Crippen molar-refractivity contribution < 1.29 is 14.6 Å². The molecule has 28 heavy (non-hydrogen) atoms. The Morgan fingerprint density at radius 2 is 1.54 bits per heavy atom. The van der Waals surface area contributed by atoms with E-state index in [0.717, 1.165) is 11.1 Å². The highest BCUT2D eigenvalue weighted by atomic mass is 16.5. The average Bonchev–Trinajstić information content (AvgIpc) is 3.02. The van der Waals surface area contributed by atoms with E-state index in [2.05, 4.69) is 29.6 Å². The fraction of sp³-hybridized carbons (Fsp3) is 0.208. The summed E-state index contributed by atoms with van der Waals surface area (Å²) in [4.78, 5) is 12.5. The third kappa shape index (κ3) is 3.01. The van der Waals surface area contributed by atoms with Crippen molar-refractivity contribution in [3.8, 4) is 16.9 Å². The lowest BCUT2D eigenvalue weighted by molar-refractivity contribution is 0.158. The van der Waals surface area contributed by atoms with E-state index in [0.29, 0.717) is 11.3 Å². The Morgan fingerprint density at radius 3 is 2.14 bits per heavy atom. The number of hydrogen-bond donors (Lipinski definition) is 2. The van der Waals surface area contributed by atoms with Gasteiger partial charge in [0, 0.05) is 11.5 Å². The Labute approximate surface area is 164 Å². The predicted molar refractivity (Wildman–Crippen MR) is 111 cm³/mol. The lowest BCUT2D eigenvalue weighted by atomic mass is 9.98. The molecule has 3 aromatic carbocycles. The van der Waals surface area contributed by atoms with E-state index < -0.39 is 6.09 Å². The van der Waals surface area contributed by atoms with Crippen LogP contribution in [0.5, 0.6) is 5.75 Å². The molecule has 0 bridgehead atoms. The van der Waals surface area contributed by atoms with E-state index in [9.17, 15) is 9.90 Å². The zero-order valence-corrected chi connectivity index (χ0v) is 16.2. The van der Waals surface area contributed by atoms with Crippen LogP contribution in [0.15, 0.2) is 54.6 Å². The van der Waals surface area contributed by atoms with Crippen LogP contribution in [-0.4, -0.2) is 17.8 Å². The van der Waals surface area contributed by atoms with Crippen molar-refractivity contribution in [3.05, 3.63) is 82.4 Å². The minimum Gasteiger partial charge on any atom is -0.507 e. The third-order valence-corrected chi connectivity index (χ3v) is 5.50. The molecule has 0 unspecified atom stereocenters. The monoisotopic (exact) mass is 373 g/mol. The van der Waals surface area contributed by atoms with E-state index in [-0.39, 0.29) is 18.3 Å². The Morgan fingerprint density at radius 1 is 0.964 bits per heavy atom. The molecule has 0 spiro atoms. The first-order valence-electron chi connectivity index (χ1n) is 9.39. The van der Waals surface area contributed by atoms with E-state index in [1.165, 1.54) is 22.3 Å². The van der Waals surface area contributed by atoms with Crippen molar-refractivity contribution in [3.63, 3.8) is 0 Å². The van der Waals surface area contributed by atoms with Gasteiger partial charge >= 0.3 is 6.09 Å². The largest absolute Gasteiger partial charge is 0.507 e. The Bertz CT molecular complexity index is 1030. The zero-order chi connectivity index (χ0) is 19.8. The van der Waals surface area contributed by atoms with Crippen molar-refractivity contribution in [1.82, 2.24) is 0 Å². The molecule has 0 aromatic heterocycles. The number of hydrogen-bond acceptors (Lipinski definition) is 3. The number of anilines is 1. The second kappa shape index (κ2) is 7.04. The number of benzene rings is 3. The molecule has 0 radical (unpaired) electrons. The molecule has 1 aliphatic rings. The maximum Gasteiger partial charge on any atom is 0.411 e. The van der Waals surface area contributed by atoms with Gasteiger partial charge in [-0.25, -0.2) is 4.79 Å². The van der Waals surface area contributed by atoms with Crippen molar-refractivity contribution >= 4 is 11.8 Å². The van der Waals surface area contributed by atoms with Gasteiger partial charge in [-0.05, 0) is 54.2 Å². The maximum absolute atomic E-state index is 12.5. The highest BCUT2D eigenvalue weighted by molar-refractivity contribution is 5.88. The van der Waals surface area contributed by atoms with Gasteiger partial charge in [0.15, 0.2) is 0 Å². The fourth-order valence-electron chi connectivity index (χ4n) is 4.10. The van der Waals surface area contributed by atoms with Crippen molar-refractivity contribution in [1.29, 1.82) is 0 Å². The lowest BCUT2D eigenvalue weighted by Gasteiger charge is -2.17. The first-order chi connectivity index (χ1) is 13.5. The normalized spacial score (nSPS) is 12.4. The topological polar surface area (TPSA) is 58.6 Å². The summed E-state index contributed by atoms with van der Waals surface area (Å²) in [5.74, 6) is 0.214. The standard InChI is InChI=1S/C24H23NO3/c1-14-12-15(2)23(26)16(3)22(14)25-24(27)28-13-21-19-10-6-4-8-17(19)18-9-5-7-11-20(18)21/h4-12,21,26H,13H2,1-3H3,(H,25,27). The number of aromatic hydroxyl groups is 1. The lowest BCUT2D eigenvalue weighted by Crippen LogP contribution is -2.19. The first kappa shape index (κ1) is 18.1. The summed E-state index contributed by atoms with van der Waals surface area (Å²) in [6, 6.07) is 18.3. The molecular weight excluding hydrogens is 350 g/mol. The second-order valence-electron chi connectivity index (χ2n) is 7.31. The van der Waals surface area contributed by atoms with Gasteiger partial charge in [0.1, 0.15) is 12.4 Å². The second-order valence-corrected chi connectivity index (χ2v) is 7.31. The summed E-state index contributed by atoms with van der Waals surface area (Å²) in [5.41, 5.74) is 7.67. The minimum absolute atomic E-state index is 0.0202. The van der Waals surface area contributed by atoms with Crippen LogP contribution in [0, 0.1) is 20.8 Å². The van der Waals surface area contributed by atoms with Crippen LogP contribution in [0.2, 0.25) is 0 Å². The smallest absolute Gasteiger partial charge is 0.411 e. The first-order valence-corrected chi connectivity index (χ1v) is 9.39. The van der Waals surface area contributed by atoms with Crippen LogP contribution in [0.3, 0.4) is 0 Å². The summed E-state index contributed by atoms with van der Waals surface area (Å²) in [6.45, 7) is 5.79. The molecule has 4 heteroatoms.